The molecule has 2 aromatic rings. The molecule has 0 amide bonds. The van der Waals surface area contributed by atoms with Gasteiger partial charge >= 0.3 is 0 Å². The van der Waals surface area contributed by atoms with E-state index in [1.807, 2.05) is 0 Å². The summed E-state index contributed by atoms with van der Waals surface area (Å²) in [5.41, 5.74) is 0.233. The molecule has 2 N–H and O–H groups in total. The second-order valence-electron chi connectivity index (χ2n) is 3.60. The summed E-state index contributed by atoms with van der Waals surface area (Å²) in [6, 6.07) is 5.06. The van der Waals surface area contributed by atoms with Gasteiger partial charge in [0.25, 0.3) is 10.0 Å². The largest absolute Gasteiger partial charge is 0.391 e. The minimum atomic E-state index is -3.80. The number of sulfonamides is 1. The molecule has 0 saturated carbocycles. The highest BCUT2D eigenvalue weighted by Gasteiger charge is 2.20. The van der Waals surface area contributed by atoms with E-state index in [0.717, 1.165) is 17.4 Å². The predicted molar refractivity (Wildman–Crippen MR) is 75.2 cm³/mol. The number of aliphatic hydroxyl groups excluding tert-OH is 1. The molecule has 0 aliphatic heterocycles. The van der Waals surface area contributed by atoms with Crippen LogP contribution >= 0.6 is 27.3 Å². The molecule has 1 heterocycles. The molecule has 0 aliphatic rings. The molecule has 0 radical (unpaired) electrons. The fourth-order valence-electron chi connectivity index (χ4n) is 1.46. The van der Waals surface area contributed by atoms with E-state index in [9.17, 15) is 12.8 Å². The lowest BCUT2D eigenvalue weighted by atomic mass is 10.3. The van der Waals surface area contributed by atoms with Crippen molar-refractivity contribution >= 4 is 43.0 Å². The van der Waals surface area contributed by atoms with Gasteiger partial charge in [0.15, 0.2) is 0 Å². The highest BCUT2D eigenvalue weighted by molar-refractivity contribution is 9.10. The quantitative estimate of drug-likeness (QED) is 0.875. The van der Waals surface area contributed by atoms with Crippen molar-refractivity contribution in [2.45, 2.75) is 11.5 Å². The Morgan fingerprint density at radius 1 is 1.37 bits per heavy atom. The molecule has 0 saturated heterocycles. The van der Waals surface area contributed by atoms with E-state index in [-0.39, 0.29) is 17.2 Å². The van der Waals surface area contributed by atoms with Crippen LogP contribution < -0.4 is 4.72 Å². The molecule has 0 unspecified atom stereocenters. The van der Waals surface area contributed by atoms with Crippen molar-refractivity contribution in [3.05, 3.63) is 44.8 Å². The van der Waals surface area contributed by atoms with Crippen molar-refractivity contribution < 1.29 is 17.9 Å². The van der Waals surface area contributed by atoms with Crippen LogP contribution in [0.3, 0.4) is 0 Å². The monoisotopic (exact) mass is 365 g/mol. The molecule has 8 heteroatoms. The Labute approximate surface area is 122 Å². The zero-order valence-electron chi connectivity index (χ0n) is 9.43. The van der Waals surface area contributed by atoms with Crippen LogP contribution in [0.4, 0.5) is 10.1 Å². The number of aliphatic hydroxyl groups is 1. The molecular weight excluding hydrogens is 357 g/mol. The standard InChI is InChI=1S/C11H9BrFNO3S2/c12-8-5-7(13)1-2-9(8)14-19(16,17)11-3-4-18-10(11)6-15/h1-5,14-15H,6H2. The summed E-state index contributed by atoms with van der Waals surface area (Å²) >= 11 is 4.24. The van der Waals surface area contributed by atoms with Gasteiger partial charge in [-0.3, -0.25) is 4.72 Å². The predicted octanol–water partition coefficient (Wildman–Crippen LogP) is 2.94. The smallest absolute Gasteiger partial charge is 0.263 e. The maximum absolute atomic E-state index is 12.9. The molecule has 0 fully saturated rings. The first kappa shape index (κ1) is 14.4. The van der Waals surface area contributed by atoms with Crippen LogP contribution in [0.2, 0.25) is 0 Å². The van der Waals surface area contributed by atoms with E-state index in [1.54, 1.807) is 5.38 Å². The van der Waals surface area contributed by atoms with Gasteiger partial charge in [0.05, 0.1) is 17.2 Å². The molecule has 1 aromatic carbocycles. The number of hydrogen-bond donors (Lipinski definition) is 2. The van der Waals surface area contributed by atoms with Gasteiger partial charge in [-0.15, -0.1) is 11.3 Å². The first-order chi connectivity index (χ1) is 8.94. The summed E-state index contributed by atoms with van der Waals surface area (Å²) in [4.78, 5) is 0.377. The SMILES string of the molecule is O=S(=O)(Nc1ccc(F)cc1Br)c1ccsc1CO. The third kappa shape index (κ3) is 3.14. The maximum atomic E-state index is 12.9. The summed E-state index contributed by atoms with van der Waals surface area (Å²) < 4.78 is 39.9. The van der Waals surface area contributed by atoms with E-state index >= 15 is 0 Å². The van der Waals surface area contributed by atoms with Gasteiger partial charge in [-0.05, 0) is 45.6 Å². The van der Waals surface area contributed by atoms with Crippen LogP contribution in [0.1, 0.15) is 4.88 Å². The van der Waals surface area contributed by atoms with Gasteiger partial charge in [-0.25, -0.2) is 12.8 Å². The number of rotatable bonds is 4. The Kier molecular flexibility index (Phi) is 4.24. The highest BCUT2D eigenvalue weighted by Crippen LogP contribution is 2.28. The highest BCUT2D eigenvalue weighted by atomic mass is 79.9. The van der Waals surface area contributed by atoms with Crippen molar-refractivity contribution in [1.29, 1.82) is 0 Å². The van der Waals surface area contributed by atoms with E-state index in [0.29, 0.717) is 9.35 Å². The van der Waals surface area contributed by atoms with Crippen LogP contribution in [0.15, 0.2) is 39.0 Å². The van der Waals surface area contributed by atoms with Gasteiger partial charge in [0.1, 0.15) is 10.7 Å². The number of thiophene rings is 1. The number of benzene rings is 1. The molecule has 0 aliphatic carbocycles. The van der Waals surface area contributed by atoms with E-state index in [2.05, 4.69) is 20.7 Å². The normalized spacial score (nSPS) is 11.5. The Balaban J connectivity index is 2.37. The van der Waals surface area contributed by atoms with Crippen molar-refractivity contribution in [2.75, 3.05) is 4.72 Å². The van der Waals surface area contributed by atoms with Crippen LogP contribution in [0.25, 0.3) is 0 Å². The second-order valence-corrected chi connectivity index (χ2v) is 7.10. The third-order valence-electron chi connectivity index (χ3n) is 2.31. The Bertz CT molecular complexity index is 700. The maximum Gasteiger partial charge on any atom is 0.263 e. The molecular formula is C11H9BrFNO3S2. The summed E-state index contributed by atoms with van der Waals surface area (Å²) in [6.07, 6.45) is 0. The second kappa shape index (κ2) is 5.58. The van der Waals surface area contributed by atoms with Crippen LogP contribution in [-0.2, 0) is 16.6 Å². The molecule has 0 spiro atoms. The summed E-state index contributed by atoms with van der Waals surface area (Å²) in [6.45, 7) is -0.349. The topological polar surface area (TPSA) is 66.4 Å². The average molecular weight is 366 g/mol. The molecule has 0 bridgehead atoms. The molecule has 2 rings (SSSR count). The molecule has 19 heavy (non-hydrogen) atoms. The van der Waals surface area contributed by atoms with E-state index < -0.39 is 15.8 Å². The lowest BCUT2D eigenvalue weighted by molar-refractivity contribution is 0.282. The average Bonchev–Trinajstić information content (AvgIpc) is 2.82. The van der Waals surface area contributed by atoms with E-state index in [4.69, 9.17) is 5.11 Å². The first-order valence-corrected chi connectivity index (χ1v) is 8.25. The molecule has 0 atom stereocenters. The zero-order chi connectivity index (χ0) is 14.0. The van der Waals surface area contributed by atoms with Crippen molar-refractivity contribution in [2.24, 2.45) is 0 Å². The number of halogens is 2. The van der Waals surface area contributed by atoms with Crippen LogP contribution in [0.5, 0.6) is 0 Å². The minimum absolute atomic E-state index is 0.0243. The number of nitrogens with one attached hydrogen (secondary N) is 1. The van der Waals surface area contributed by atoms with Gasteiger partial charge in [0, 0.05) is 4.47 Å². The third-order valence-corrected chi connectivity index (χ3v) is 5.45. The fraction of sp³-hybridized carbons (Fsp3) is 0.0909. The molecule has 102 valence electrons. The Morgan fingerprint density at radius 2 is 2.11 bits per heavy atom. The lowest BCUT2D eigenvalue weighted by Gasteiger charge is -2.09. The van der Waals surface area contributed by atoms with Crippen LogP contribution in [-0.4, -0.2) is 13.5 Å². The Morgan fingerprint density at radius 3 is 2.74 bits per heavy atom. The summed E-state index contributed by atoms with van der Waals surface area (Å²) in [5.74, 6) is -0.471. The summed E-state index contributed by atoms with van der Waals surface area (Å²) in [7, 11) is -3.80. The van der Waals surface area contributed by atoms with Crippen molar-refractivity contribution in [1.82, 2.24) is 0 Å². The van der Waals surface area contributed by atoms with Crippen molar-refractivity contribution in [3.8, 4) is 0 Å². The first-order valence-electron chi connectivity index (χ1n) is 5.09. The number of hydrogen-bond acceptors (Lipinski definition) is 4. The molecule has 4 nitrogen and oxygen atoms in total. The molecule has 1 aromatic heterocycles. The zero-order valence-corrected chi connectivity index (χ0v) is 12.6. The lowest BCUT2D eigenvalue weighted by Crippen LogP contribution is -2.14. The minimum Gasteiger partial charge on any atom is -0.391 e. The van der Waals surface area contributed by atoms with Gasteiger partial charge in [0.2, 0.25) is 0 Å². The van der Waals surface area contributed by atoms with Gasteiger partial charge < -0.3 is 5.11 Å². The summed E-state index contributed by atoms with van der Waals surface area (Å²) in [5, 5.41) is 10.7. The Hall–Kier alpha value is -0.960. The van der Waals surface area contributed by atoms with Gasteiger partial charge in [-0.2, -0.15) is 0 Å². The van der Waals surface area contributed by atoms with Crippen LogP contribution in [0, 0.1) is 5.82 Å². The number of anilines is 1. The van der Waals surface area contributed by atoms with Crippen molar-refractivity contribution in [3.63, 3.8) is 0 Å². The van der Waals surface area contributed by atoms with E-state index in [1.165, 1.54) is 18.2 Å². The van der Waals surface area contributed by atoms with Gasteiger partial charge in [-0.1, -0.05) is 0 Å². The fourth-order valence-corrected chi connectivity index (χ4v) is 4.41.